The topological polar surface area (TPSA) is 230 Å². The van der Waals surface area contributed by atoms with Crippen molar-refractivity contribution in [1.29, 1.82) is 0 Å². The van der Waals surface area contributed by atoms with Crippen LogP contribution in [-0.2, 0) is 51.6 Å². The van der Waals surface area contributed by atoms with Crippen LogP contribution in [0.1, 0.15) is 144 Å². The molecule has 2 saturated carbocycles. The van der Waals surface area contributed by atoms with E-state index in [1.54, 1.807) is 19.2 Å². The number of aryl methyl sites for hydroxylation is 4. The zero-order valence-corrected chi connectivity index (χ0v) is 51.0. The first-order valence-electron chi connectivity index (χ1n) is 26.8. The number of pyridine rings is 1. The number of aromatic nitrogens is 1. The number of anilines is 2. The third-order valence-electron chi connectivity index (χ3n) is 14.8. The summed E-state index contributed by atoms with van der Waals surface area (Å²) in [6.45, 7) is 7.44. The average Bonchev–Trinajstić information content (AvgIpc) is 4.09. The number of ether oxygens (including phenoxy) is 2. The van der Waals surface area contributed by atoms with E-state index in [-0.39, 0.29) is 34.2 Å². The van der Waals surface area contributed by atoms with Crippen LogP contribution in [0.4, 0.5) is 11.4 Å². The predicted molar refractivity (Wildman–Crippen MR) is 324 cm³/mol. The van der Waals surface area contributed by atoms with Gasteiger partial charge in [-0.15, -0.1) is 0 Å². The van der Waals surface area contributed by atoms with Crippen molar-refractivity contribution in [2.24, 2.45) is 10.8 Å². The van der Waals surface area contributed by atoms with Crippen LogP contribution >= 0.6 is 36.0 Å². The Bertz CT molecular complexity index is 2920. The van der Waals surface area contributed by atoms with Gasteiger partial charge >= 0.3 is 11.9 Å². The van der Waals surface area contributed by atoms with Gasteiger partial charge < -0.3 is 31.2 Å². The number of nitrogens with zero attached hydrogens (tertiary/aromatic N) is 1. The number of unbranched alkanes of at least 4 members (excludes halogenated alkanes) is 2. The number of rotatable bonds is 23. The number of nitrogens with two attached hydrogens (primary N) is 1. The van der Waals surface area contributed by atoms with Crippen LogP contribution in [0.25, 0.3) is 0 Å². The van der Waals surface area contributed by atoms with Crippen molar-refractivity contribution in [2.45, 2.75) is 143 Å². The molecule has 0 radical (unpaired) electrons. The van der Waals surface area contributed by atoms with Crippen molar-refractivity contribution >= 4 is 100 Å². The lowest BCUT2D eigenvalue weighted by atomic mass is 9.80. The molecule has 4 aromatic rings. The zero-order valence-electron chi connectivity index (χ0n) is 47.0. The number of nitrogens with one attached hydrogen (secondary N) is 3. The Hall–Kier alpha value is -5.34. The molecule has 20 heteroatoms. The van der Waals surface area contributed by atoms with Gasteiger partial charge in [0.1, 0.15) is 31.8 Å². The third-order valence-corrected chi connectivity index (χ3v) is 18.2. The molecule has 3 aromatic carbocycles. The number of esters is 2. The molecule has 0 bridgehead atoms. The quantitative estimate of drug-likeness (QED) is 0.0178. The number of halogens is 1. The van der Waals surface area contributed by atoms with Crippen molar-refractivity contribution in [1.82, 2.24) is 15.6 Å². The fraction of sp³-hybridized carbons (Fsp3) is 0.508. The van der Waals surface area contributed by atoms with Gasteiger partial charge in [0.25, 0.3) is 11.1 Å². The number of benzene rings is 3. The van der Waals surface area contributed by atoms with E-state index in [2.05, 4.69) is 20.9 Å². The number of methoxy groups -OCH3 is 2. The lowest BCUT2D eigenvalue weighted by Gasteiger charge is -2.33. The van der Waals surface area contributed by atoms with Crippen molar-refractivity contribution in [3.05, 3.63) is 124 Å². The second-order valence-electron chi connectivity index (χ2n) is 21.2. The van der Waals surface area contributed by atoms with Gasteiger partial charge in [0.15, 0.2) is 0 Å². The van der Waals surface area contributed by atoms with Crippen LogP contribution < -0.4 is 21.7 Å². The summed E-state index contributed by atoms with van der Waals surface area (Å²) in [6.07, 6.45) is 17.6. The molecule has 6 rings (SSSR count). The molecule has 5 N–H and O–H groups in total. The molecule has 2 atom stereocenters. The summed E-state index contributed by atoms with van der Waals surface area (Å²) >= 11 is 17.0. The first-order valence-corrected chi connectivity index (χ1v) is 32.1. The number of thiocarbonyl (C=S) groups is 2. The summed E-state index contributed by atoms with van der Waals surface area (Å²) in [5, 5.41) is 9.10. The summed E-state index contributed by atoms with van der Waals surface area (Å²) in [6, 6.07) is 21.2. The highest BCUT2D eigenvalue weighted by atomic mass is 35.5. The van der Waals surface area contributed by atoms with E-state index in [4.69, 9.17) is 51.2 Å². The van der Waals surface area contributed by atoms with Gasteiger partial charge in [-0.05, 0) is 149 Å². The van der Waals surface area contributed by atoms with Gasteiger partial charge in [-0.25, -0.2) is 26.4 Å². The summed E-state index contributed by atoms with van der Waals surface area (Å²) < 4.78 is 55.9. The van der Waals surface area contributed by atoms with Crippen molar-refractivity contribution in [2.75, 3.05) is 49.3 Å². The fourth-order valence-corrected chi connectivity index (χ4v) is 13.1. The summed E-state index contributed by atoms with van der Waals surface area (Å²) in [5.41, 5.74) is 13.2. The third kappa shape index (κ3) is 21.2. The number of hydrogen-bond acceptors (Lipinski definition) is 14. The Balaban J connectivity index is 0.000000293. The molecule has 1 amide bonds. The number of amides is 1. The lowest BCUT2D eigenvalue weighted by molar-refractivity contribution is -0.143. The molecule has 2 unspecified atom stereocenters. The smallest absolute Gasteiger partial charge is 0.328 e. The van der Waals surface area contributed by atoms with Crippen LogP contribution in [0.2, 0.25) is 0 Å². The highest BCUT2D eigenvalue weighted by Gasteiger charge is 2.40. The molecule has 1 aromatic heterocycles. The number of carbonyl (C=O) groups is 4. The Morgan fingerprint density at radius 2 is 1.04 bits per heavy atom. The molecule has 0 aliphatic heterocycles. The van der Waals surface area contributed by atoms with Gasteiger partial charge in [-0.2, -0.15) is 0 Å². The second kappa shape index (κ2) is 31.0. The highest BCUT2D eigenvalue weighted by molar-refractivity contribution is 7.90. The largest absolute Gasteiger partial charge is 0.467 e. The summed E-state index contributed by atoms with van der Waals surface area (Å²) in [4.78, 5) is 54.0. The van der Waals surface area contributed by atoms with Crippen LogP contribution in [0.5, 0.6) is 0 Å². The van der Waals surface area contributed by atoms with Gasteiger partial charge in [0, 0.05) is 76.5 Å². The van der Waals surface area contributed by atoms with Gasteiger partial charge in [0.05, 0.1) is 29.8 Å². The molecular formula is C59H80ClN5O10S4. The Morgan fingerprint density at radius 1 is 0.633 bits per heavy atom. The van der Waals surface area contributed by atoms with E-state index < -0.39 is 43.0 Å². The van der Waals surface area contributed by atoms with Gasteiger partial charge in [0.2, 0.25) is 0 Å². The normalized spacial score (nSPS) is 15.2. The lowest BCUT2D eigenvalue weighted by Crippen LogP contribution is -2.48. The van der Waals surface area contributed by atoms with E-state index in [1.165, 1.54) is 26.7 Å². The molecule has 0 saturated heterocycles. The SMILES string of the molecule is COC(=O)C(Cc1ccc(N)cc1)NC(=S)C1(CCCCS(C)(=O)=O)CCCC1.COC(=O)C(Cc1ccc(NC(=O)c2c(C)cccc2C)cc1)NC(=S)C1(CCCCS(C)(=O)=O)CCCC1.Cc1ccnc(C)c1C(=O)Cl. The predicted octanol–water partition coefficient (Wildman–Crippen LogP) is 10.5. The standard InChI is InChI=1S/C30H40N2O5S2.C21H32N2O4S2.C8H8ClNO/c1-21-10-9-11-22(2)26(21)27(33)31-24-14-12-23(13-15-24)20-25(28(34)37-3)32-29(38)30(16-5-6-17-30)18-7-8-19-39(4,35)36;1-27-19(24)18(15-16-7-9-17(22)10-8-16)23-20(28)21(11-3-4-12-21)13-5-6-14-29(2,25)26;1-5-3-4-10-6(2)7(5)8(9)11/h9-15,25H,5-8,16-20H2,1-4H3,(H,31,33)(H,32,38);7-10,18H,3-6,11-15,22H2,1-2H3,(H,23,28);3-4H,1-2H3. The maximum atomic E-state index is 12.8. The Kier molecular flexibility index (Phi) is 26.0. The minimum Gasteiger partial charge on any atom is -0.467 e. The van der Waals surface area contributed by atoms with Crippen LogP contribution in [-0.4, -0.2) is 105 Å². The Morgan fingerprint density at radius 3 is 1.41 bits per heavy atom. The minimum absolute atomic E-state index is 0.156. The number of carbonyl (C=O) groups excluding carboxylic acids is 4. The van der Waals surface area contributed by atoms with E-state index >= 15 is 0 Å². The van der Waals surface area contributed by atoms with E-state index in [0.29, 0.717) is 63.9 Å². The average molecular weight is 1180 g/mol. The minimum atomic E-state index is -2.99. The van der Waals surface area contributed by atoms with E-state index in [1.807, 2.05) is 87.5 Å². The van der Waals surface area contributed by atoms with E-state index in [9.17, 15) is 36.0 Å². The van der Waals surface area contributed by atoms with Crippen molar-refractivity contribution in [3.8, 4) is 0 Å². The maximum Gasteiger partial charge on any atom is 0.328 e. The summed E-state index contributed by atoms with van der Waals surface area (Å²) in [7, 11) is -3.20. The highest BCUT2D eigenvalue weighted by Crippen LogP contribution is 2.44. The maximum absolute atomic E-state index is 12.8. The zero-order chi connectivity index (χ0) is 58.6. The van der Waals surface area contributed by atoms with Gasteiger partial charge in [-0.1, -0.05) is 105 Å². The Labute approximate surface area is 484 Å². The second-order valence-corrected chi connectivity index (χ2v) is 26.9. The van der Waals surface area contributed by atoms with E-state index in [0.717, 1.165) is 105 Å². The molecular weight excluding hydrogens is 1100 g/mol. The molecule has 432 valence electrons. The van der Waals surface area contributed by atoms with Gasteiger partial charge in [-0.3, -0.25) is 14.6 Å². The van der Waals surface area contributed by atoms with Crippen molar-refractivity contribution in [3.63, 3.8) is 0 Å². The van der Waals surface area contributed by atoms with Crippen LogP contribution in [0, 0.1) is 38.5 Å². The number of sulfone groups is 2. The molecule has 2 fully saturated rings. The molecule has 2 aliphatic rings. The first kappa shape index (κ1) is 66.2. The molecule has 1 heterocycles. The van der Waals surface area contributed by atoms with Crippen molar-refractivity contribution < 1.29 is 45.5 Å². The molecule has 79 heavy (non-hydrogen) atoms. The molecule has 2 aliphatic carbocycles. The summed E-state index contributed by atoms with van der Waals surface area (Å²) in [5.74, 6) is -0.527. The molecule has 15 nitrogen and oxygen atoms in total. The van der Waals surface area contributed by atoms with Crippen LogP contribution in [0.3, 0.4) is 0 Å². The van der Waals surface area contributed by atoms with Crippen LogP contribution in [0.15, 0.2) is 79.0 Å². The monoisotopic (exact) mass is 1180 g/mol. The number of hydrogen-bond donors (Lipinski definition) is 4. The first-order chi connectivity index (χ1) is 37.2. The number of nitrogen functional groups attached to an aromatic ring is 1. The fourth-order valence-electron chi connectivity index (χ4n) is 10.4. The molecule has 0 spiro atoms.